The highest BCUT2D eigenvalue weighted by Gasteiger charge is 2.32. The first-order valence-electron chi connectivity index (χ1n) is 6.73. The summed E-state index contributed by atoms with van der Waals surface area (Å²) in [7, 11) is -1.81. The maximum atomic E-state index is 12.6. The summed E-state index contributed by atoms with van der Waals surface area (Å²) in [6, 6.07) is 9.67. The zero-order valence-electron chi connectivity index (χ0n) is 11.7. The van der Waals surface area contributed by atoms with Gasteiger partial charge in [0.1, 0.15) is 4.90 Å². The summed E-state index contributed by atoms with van der Waals surface area (Å²) in [4.78, 5) is 0.221. The van der Waals surface area contributed by atoms with E-state index in [1.165, 1.54) is 21.4 Å². The van der Waals surface area contributed by atoms with Gasteiger partial charge in [-0.05, 0) is 5.56 Å². The zero-order chi connectivity index (χ0) is 14.9. The molecule has 0 saturated carbocycles. The molecule has 1 fully saturated rings. The van der Waals surface area contributed by atoms with Gasteiger partial charge >= 0.3 is 0 Å². The maximum absolute atomic E-state index is 12.6. The van der Waals surface area contributed by atoms with Crippen molar-refractivity contribution in [1.82, 2.24) is 14.1 Å². The largest absolute Gasteiger partial charge is 0.371 e. The Morgan fingerprint density at radius 2 is 2.05 bits per heavy atom. The monoisotopic (exact) mass is 307 g/mol. The molecule has 6 nitrogen and oxygen atoms in total. The standard InChI is InChI=1S/C14H17N3O3S/c1-16-10-13(9-15-16)21(18,19)17-7-8-20-14(11-17)12-5-3-2-4-6-12/h2-6,9-10,14H,7-8,11H2,1H3. The van der Waals surface area contributed by atoms with E-state index in [0.717, 1.165) is 5.56 Å². The second-order valence-electron chi connectivity index (χ2n) is 4.98. The van der Waals surface area contributed by atoms with Gasteiger partial charge in [0.15, 0.2) is 0 Å². The summed E-state index contributed by atoms with van der Waals surface area (Å²) in [6.45, 7) is 1.07. The van der Waals surface area contributed by atoms with Gasteiger partial charge in [-0.25, -0.2) is 8.42 Å². The molecular formula is C14H17N3O3S. The van der Waals surface area contributed by atoms with E-state index in [4.69, 9.17) is 4.74 Å². The van der Waals surface area contributed by atoms with Crippen LogP contribution in [0, 0.1) is 0 Å². The van der Waals surface area contributed by atoms with Crippen molar-refractivity contribution in [2.45, 2.75) is 11.0 Å². The number of nitrogens with zero attached hydrogens (tertiary/aromatic N) is 3. The number of ether oxygens (including phenoxy) is 1. The molecule has 0 amide bonds. The Morgan fingerprint density at radius 1 is 1.29 bits per heavy atom. The Bertz CT molecular complexity index is 712. The first-order valence-corrected chi connectivity index (χ1v) is 8.17. The Kier molecular flexibility index (Phi) is 3.79. The zero-order valence-corrected chi connectivity index (χ0v) is 12.5. The highest BCUT2D eigenvalue weighted by molar-refractivity contribution is 7.89. The second kappa shape index (κ2) is 5.59. The van der Waals surface area contributed by atoms with E-state index < -0.39 is 10.0 Å². The number of aromatic nitrogens is 2. The van der Waals surface area contributed by atoms with Gasteiger partial charge in [-0.1, -0.05) is 30.3 Å². The highest BCUT2D eigenvalue weighted by Crippen LogP contribution is 2.26. The number of hydrogen-bond donors (Lipinski definition) is 0. The maximum Gasteiger partial charge on any atom is 0.246 e. The number of hydrogen-bond acceptors (Lipinski definition) is 4. The van der Waals surface area contributed by atoms with E-state index in [-0.39, 0.29) is 11.0 Å². The first kappa shape index (κ1) is 14.2. The third kappa shape index (κ3) is 2.85. The second-order valence-corrected chi connectivity index (χ2v) is 6.92. The van der Waals surface area contributed by atoms with Gasteiger partial charge in [-0.15, -0.1) is 0 Å². The molecule has 0 spiro atoms. The van der Waals surface area contributed by atoms with Crippen molar-refractivity contribution in [1.29, 1.82) is 0 Å². The number of morpholine rings is 1. The minimum absolute atomic E-state index is 0.221. The fourth-order valence-electron chi connectivity index (χ4n) is 2.39. The lowest BCUT2D eigenvalue weighted by Crippen LogP contribution is -2.42. The van der Waals surface area contributed by atoms with Crippen molar-refractivity contribution in [3.05, 3.63) is 48.3 Å². The minimum Gasteiger partial charge on any atom is -0.371 e. The molecule has 0 N–H and O–H groups in total. The van der Waals surface area contributed by atoms with Crippen LogP contribution in [-0.4, -0.2) is 42.2 Å². The number of aryl methyl sites for hydroxylation is 1. The molecule has 1 aliphatic rings. The van der Waals surface area contributed by atoms with E-state index in [2.05, 4.69) is 5.10 Å². The van der Waals surface area contributed by atoms with Gasteiger partial charge in [0.2, 0.25) is 10.0 Å². The number of sulfonamides is 1. The van der Waals surface area contributed by atoms with Crippen molar-refractivity contribution in [3.8, 4) is 0 Å². The normalized spacial score (nSPS) is 20.5. The van der Waals surface area contributed by atoms with Crippen LogP contribution in [0.2, 0.25) is 0 Å². The van der Waals surface area contributed by atoms with Crippen molar-refractivity contribution in [2.24, 2.45) is 7.05 Å². The SMILES string of the molecule is Cn1cc(S(=O)(=O)N2CCOC(c3ccccc3)C2)cn1. The summed E-state index contributed by atoms with van der Waals surface area (Å²) < 4.78 is 33.8. The Balaban J connectivity index is 1.83. The first-order chi connectivity index (χ1) is 10.1. The molecule has 2 aromatic rings. The van der Waals surface area contributed by atoms with Crippen LogP contribution in [0.4, 0.5) is 0 Å². The topological polar surface area (TPSA) is 64.4 Å². The average Bonchev–Trinajstić information content (AvgIpc) is 2.96. The van der Waals surface area contributed by atoms with Crippen molar-refractivity contribution in [2.75, 3.05) is 19.7 Å². The van der Waals surface area contributed by atoms with E-state index in [9.17, 15) is 8.42 Å². The summed E-state index contributed by atoms with van der Waals surface area (Å²) in [6.07, 6.45) is 2.66. The molecule has 1 unspecified atom stereocenters. The Hall–Kier alpha value is -1.70. The molecule has 21 heavy (non-hydrogen) atoms. The molecule has 1 aliphatic heterocycles. The van der Waals surface area contributed by atoms with Gasteiger partial charge in [0, 0.05) is 26.3 Å². The fraction of sp³-hybridized carbons (Fsp3) is 0.357. The summed E-state index contributed by atoms with van der Waals surface area (Å²) >= 11 is 0. The predicted octanol–water partition coefficient (Wildman–Crippen LogP) is 1.18. The van der Waals surface area contributed by atoms with Crippen LogP contribution in [0.5, 0.6) is 0 Å². The molecule has 3 rings (SSSR count). The highest BCUT2D eigenvalue weighted by atomic mass is 32.2. The van der Waals surface area contributed by atoms with E-state index in [1.54, 1.807) is 7.05 Å². The van der Waals surface area contributed by atoms with Crippen LogP contribution in [-0.2, 0) is 21.8 Å². The van der Waals surface area contributed by atoms with E-state index in [1.807, 2.05) is 30.3 Å². The third-order valence-electron chi connectivity index (χ3n) is 3.52. The summed E-state index contributed by atoms with van der Waals surface area (Å²) in [5.41, 5.74) is 0.989. The molecule has 2 heterocycles. The average molecular weight is 307 g/mol. The summed E-state index contributed by atoms with van der Waals surface area (Å²) in [5.74, 6) is 0. The lowest BCUT2D eigenvalue weighted by atomic mass is 10.1. The van der Waals surface area contributed by atoms with Crippen molar-refractivity contribution >= 4 is 10.0 Å². The fourth-order valence-corrected chi connectivity index (χ4v) is 3.81. The molecule has 1 atom stereocenters. The van der Waals surface area contributed by atoms with Crippen LogP contribution in [0.1, 0.15) is 11.7 Å². The van der Waals surface area contributed by atoms with Crippen LogP contribution in [0.3, 0.4) is 0 Å². The van der Waals surface area contributed by atoms with Gasteiger partial charge in [0.25, 0.3) is 0 Å². The predicted molar refractivity (Wildman–Crippen MR) is 77.1 cm³/mol. The molecule has 1 aromatic carbocycles. The number of rotatable bonds is 3. The molecule has 0 aliphatic carbocycles. The van der Waals surface area contributed by atoms with Crippen molar-refractivity contribution < 1.29 is 13.2 Å². The van der Waals surface area contributed by atoms with Crippen LogP contribution >= 0.6 is 0 Å². The van der Waals surface area contributed by atoms with Crippen LogP contribution in [0.25, 0.3) is 0 Å². The van der Waals surface area contributed by atoms with E-state index >= 15 is 0 Å². The molecule has 0 bridgehead atoms. The van der Waals surface area contributed by atoms with Gasteiger partial charge in [-0.2, -0.15) is 9.40 Å². The molecule has 1 saturated heterocycles. The van der Waals surface area contributed by atoms with Gasteiger partial charge in [0.05, 0.1) is 18.9 Å². The molecular weight excluding hydrogens is 290 g/mol. The number of benzene rings is 1. The smallest absolute Gasteiger partial charge is 0.246 e. The Morgan fingerprint density at radius 3 is 2.71 bits per heavy atom. The quantitative estimate of drug-likeness (QED) is 0.854. The molecule has 7 heteroatoms. The molecule has 0 radical (unpaired) electrons. The minimum atomic E-state index is -3.51. The van der Waals surface area contributed by atoms with Crippen molar-refractivity contribution in [3.63, 3.8) is 0 Å². The van der Waals surface area contributed by atoms with Crippen LogP contribution in [0.15, 0.2) is 47.6 Å². The third-order valence-corrected chi connectivity index (χ3v) is 5.34. The van der Waals surface area contributed by atoms with Crippen LogP contribution < -0.4 is 0 Å². The van der Waals surface area contributed by atoms with Gasteiger partial charge < -0.3 is 4.74 Å². The van der Waals surface area contributed by atoms with Gasteiger partial charge in [-0.3, -0.25) is 4.68 Å². The van der Waals surface area contributed by atoms with E-state index in [0.29, 0.717) is 19.7 Å². The molecule has 1 aromatic heterocycles. The lowest BCUT2D eigenvalue weighted by molar-refractivity contribution is -0.00255. The molecule has 112 valence electrons. The lowest BCUT2D eigenvalue weighted by Gasteiger charge is -2.32. The summed E-state index contributed by atoms with van der Waals surface area (Å²) in [5, 5.41) is 3.93. The Labute approximate surface area is 124 Å².